The Balaban J connectivity index is 0. The van der Waals surface area contributed by atoms with E-state index in [4.69, 9.17) is 0 Å². The van der Waals surface area contributed by atoms with Gasteiger partial charge in [-0.05, 0) is 19.9 Å². The minimum Gasteiger partial charge on any atom is -0.750 e. The van der Waals surface area contributed by atoms with Crippen molar-refractivity contribution in [2.75, 3.05) is 6.61 Å². The molecule has 0 saturated carbocycles. The molecular weight excluding hydrogens is 233 g/mol. The summed E-state index contributed by atoms with van der Waals surface area (Å²) in [5.74, 6) is -0.370. The molecule has 1 unspecified atom stereocenters. The van der Waals surface area contributed by atoms with Crippen molar-refractivity contribution in [3.8, 4) is 0 Å². The van der Waals surface area contributed by atoms with Gasteiger partial charge in [-0.25, -0.2) is 4.21 Å². The van der Waals surface area contributed by atoms with Gasteiger partial charge in [-0.2, -0.15) is 0 Å². The zero-order valence-corrected chi connectivity index (χ0v) is 12.5. The number of rotatable bonds is 5. The molecule has 0 radical (unpaired) electrons. The maximum Gasteiger partial charge on any atom is 1.00 e. The molecule has 0 bridgehead atoms. The summed E-state index contributed by atoms with van der Waals surface area (Å²) in [7, 11) is 0. The van der Waals surface area contributed by atoms with E-state index in [0.717, 1.165) is 6.08 Å². The monoisotopic (exact) mass is 245 g/mol. The number of hydrogen-bond acceptors (Lipinski definition) is 4. The zero-order valence-electron chi connectivity index (χ0n) is 8.53. The molecule has 0 spiro atoms. The van der Waals surface area contributed by atoms with Crippen molar-refractivity contribution in [1.82, 2.24) is 5.32 Å². The van der Waals surface area contributed by atoms with Gasteiger partial charge in [0.25, 0.3) is 0 Å². The predicted molar refractivity (Wildman–Crippen MR) is 47.3 cm³/mol. The van der Waals surface area contributed by atoms with E-state index >= 15 is 0 Å². The van der Waals surface area contributed by atoms with Crippen molar-refractivity contribution in [3.05, 3.63) is 12.7 Å². The molecular formula is C7H12KNO4S. The molecule has 0 saturated heterocycles. The Morgan fingerprint density at radius 1 is 1.71 bits per heavy atom. The fraction of sp³-hybridized carbons (Fsp3) is 0.571. The Hall–Kier alpha value is 0.916. The molecule has 0 aromatic carbocycles. The summed E-state index contributed by atoms with van der Waals surface area (Å²) >= 11 is -2.56. The van der Waals surface area contributed by atoms with Crippen molar-refractivity contribution in [1.29, 1.82) is 0 Å². The van der Waals surface area contributed by atoms with Gasteiger partial charge >= 0.3 is 51.4 Å². The van der Waals surface area contributed by atoms with Crippen LogP contribution in [0.15, 0.2) is 12.7 Å². The van der Waals surface area contributed by atoms with Crippen LogP contribution in [-0.2, 0) is 20.3 Å². The number of carbonyl (C=O) groups is 1. The van der Waals surface area contributed by atoms with Crippen LogP contribution in [0.3, 0.4) is 0 Å². The van der Waals surface area contributed by atoms with E-state index in [1.807, 2.05) is 0 Å². The van der Waals surface area contributed by atoms with E-state index in [2.05, 4.69) is 16.1 Å². The van der Waals surface area contributed by atoms with E-state index in [1.54, 1.807) is 13.8 Å². The van der Waals surface area contributed by atoms with Gasteiger partial charge in [-0.15, -0.1) is 0 Å². The van der Waals surface area contributed by atoms with Crippen LogP contribution in [0.2, 0.25) is 0 Å². The van der Waals surface area contributed by atoms with Crippen LogP contribution in [0.5, 0.6) is 0 Å². The van der Waals surface area contributed by atoms with Crippen molar-refractivity contribution >= 4 is 17.3 Å². The molecule has 0 aliphatic rings. The molecule has 0 heterocycles. The van der Waals surface area contributed by atoms with Gasteiger partial charge in [0.2, 0.25) is 5.91 Å². The normalized spacial score (nSPS) is 12.5. The van der Waals surface area contributed by atoms with Crippen LogP contribution < -0.4 is 56.7 Å². The van der Waals surface area contributed by atoms with Crippen molar-refractivity contribution in [2.24, 2.45) is 0 Å². The molecule has 1 amide bonds. The summed E-state index contributed by atoms with van der Waals surface area (Å²) in [5.41, 5.74) is -0.731. The Labute approximate surface area is 129 Å². The van der Waals surface area contributed by atoms with Crippen LogP contribution in [0.25, 0.3) is 0 Å². The fourth-order valence-corrected chi connectivity index (χ4v) is 1.01. The number of hydrogen-bond donors (Lipinski definition) is 1. The summed E-state index contributed by atoms with van der Waals surface area (Å²) in [5, 5.41) is 2.51. The molecule has 0 rings (SSSR count). The Bertz CT molecular complexity index is 232. The second-order valence-electron chi connectivity index (χ2n) is 3.04. The molecule has 14 heavy (non-hydrogen) atoms. The van der Waals surface area contributed by atoms with Gasteiger partial charge in [0, 0.05) is 0 Å². The maximum absolute atomic E-state index is 10.8. The Kier molecular flexibility index (Phi) is 10.0. The number of amides is 1. The zero-order chi connectivity index (χ0) is 10.5. The van der Waals surface area contributed by atoms with Crippen molar-refractivity contribution < 1.29 is 69.1 Å². The van der Waals surface area contributed by atoms with E-state index in [9.17, 15) is 13.6 Å². The third kappa shape index (κ3) is 9.47. The smallest absolute Gasteiger partial charge is 0.750 e. The summed E-state index contributed by atoms with van der Waals surface area (Å²) in [6.07, 6.45) is 1.11. The summed E-state index contributed by atoms with van der Waals surface area (Å²) < 4.78 is 24.4. The first-order valence-electron chi connectivity index (χ1n) is 3.54. The predicted octanol–water partition coefficient (Wildman–Crippen LogP) is -3.12. The van der Waals surface area contributed by atoms with Gasteiger partial charge in [0.1, 0.15) is 0 Å². The molecule has 0 fully saturated rings. The Morgan fingerprint density at radius 3 is 2.57 bits per heavy atom. The molecule has 5 nitrogen and oxygen atoms in total. The van der Waals surface area contributed by atoms with E-state index in [1.165, 1.54) is 0 Å². The van der Waals surface area contributed by atoms with E-state index in [-0.39, 0.29) is 63.9 Å². The molecule has 0 aliphatic carbocycles. The standard InChI is InChI=1S/C7H13NO4S.K/c1-4-6(9)8-7(2,3)5-12-13(10)11;/h4H,1,5H2,2-3H3,(H,8,9)(H,10,11);/q;+1/p-1. The van der Waals surface area contributed by atoms with E-state index in [0.29, 0.717) is 0 Å². The van der Waals surface area contributed by atoms with Crippen LogP contribution in [0, 0.1) is 0 Å². The molecule has 0 aromatic rings. The minimum atomic E-state index is -2.56. The van der Waals surface area contributed by atoms with Crippen LogP contribution >= 0.6 is 0 Å². The third-order valence-electron chi connectivity index (χ3n) is 1.16. The fourth-order valence-electron chi connectivity index (χ4n) is 0.616. The van der Waals surface area contributed by atoms with Crippen LogP contribution in [-0.4, -0.2) is 26.8 Å². The summed E-state index contributed by atoms with van der Waals surface area (Å²) in [4.78, 5) is 10.8. The first-order chi connectivity index (χ1) is 5.87. The number of nitrogens with one attached hydrogen (secondary N) is 1. The molecule has 0 aliphatic heterocycles. The van der Waals surface area contributed by atoms with Gasteiger partial charge in [-0.3, -0.25) is 8.98 Å². The SMILES string of the molecule is C=CC(=O)NC(C)(C)COS(=O)[O-].[K+]. The summed E-state index contributed by atoms with van der Waals surface area (Å²) in [6.45, 7) is 6.44. The Morgan fingerprint density at radius 2 is 2.21 bits per heavy atom. The van der Waals surface area contributed by atoms with Gasteiger partial charge in [-0.1, -0.05) is 6.58 Å². The second kappa shape index (κ2) is 8.11. The molecule has 76 valence electrons. The van der Waals surface area contributed by atoms with Crippen molar-refractivity contribution in [3.63, 3.8) is 0 Å². The van der Waals surface area contributed by atoms with Crippen LogP contribution in [0.4, 0.5) is 0 Å². The molecule has 1 N–H and O–H groups in total. The average molecular weight is 245 g/mol. The van der Waals surface area contributed by atoms with Gasteiger partial charge in [0.05, 0.1) is 23.5 Å². The summed E-state index contributed by atoms with van der Waals surface area (Å²) in [6, 6.07) is 0. The minimum absolute atomic E-state index is 0. The van der Waals surface area contributed by atoms with Gasteiger partial charge in [0.15, 0.2) is 0 Å². The first-order valence-corrected chi connectivity index (χ1v) is 4.54. The maximum atomic E-state index is 10.8. The topological polar surface area (TPSA) is 78.5 Å². The van der Waals surface area contributed by atoms with Crippen LogP contribution in [0.1, 0.15) is 13.8 Å². The number of carbonyl (C=O) groups excluding carboxylic acids is 1. The third-order valence-corrected chi connectivity index (χ3v) is 1.47. The molecule has 1 atom stereocenters. The quantitative estimate of drug-likeness (QED) is 0.316. The van der Waals surface area contributed by atoms with E-state index < -0.39 is 16.9 Å². The van der Waals surface area contributed by atoms with Gasteiger partial charge < -0.3 is 9.87 Å². The largest absolute Gasteiger partial charge is 1.00 e. The molecule has 7 heteroatoms. The van der Waals surface area contributed by atoms with Crippen molar-refractivity contribution in [2.45, 2.75) is 19.4 Å². The second-order valence-corrected chi connectivity index (χ2v) is 3.69. The molecule has 0 aromatic heterocycles. The first kappa shape index (κ1) is 17.3. The average Bonchev–Trinajstić information content (AvgIpc) is 2.00.